The third-order valence-corrected chi connectivity index (χ3v) is 8.74. The molecule has 0 bridgehead atoms. The van der Waals surface area contributed by atoms with Gasteiger partial charge in [0.05, 0.1) is 35.1 Å². The number of pyridine rings is 2. The van der Waals surface area contributed by atoms with E-state index in [-0.39, 0.29) is 66.5 Å². The Morgan fingerprint density at radius 3 is 2.51 bits per heavy atom. The second kappa shape index (κ2) is 11.2. The molecule has 45 heavy (non-hydrogen) atoms. The van der Waals surface area contributed by atoms with Crippen molar-refractivity contribution in [3.63, 3.8) is 0 Å². The third kappa shape index (κ3) is 5.13. The number of hydrogen-bond donors (Lipinski definition) is 4. The van der Waals surface area contributed by atoms with Crippen LogP contribution in [-0.4, -0.2) is 50.3 Å². The molecule has 240 valence electrons. The van der Waals surface area contributed by atoms with Crippen LogP contribution in [0.15, 0.2) is 16.9 Å². The summed E-state index contributed by atoms with van der Waals surface area (Å²) in [6, 6.07) is 2.66. The van der Waals surface area contributed by atoms with E-state index in [0.29, 0.717) is 35.3 Å². The predicted octanol–water partition coefficient (Wildman–Crippen LogP) is 2.86. The maximum Gasteiger partial charge on any atom is 0.490 e. The summed E-state index contributed by atoms with van der Waals surface area (Å²) in [5.74, 6) is -4.48. The van der Waals surface area contributed by atoms with Crippen molar-refractivity contribution < 1.29 is 46.9 Å². The van der Waals surface area contributed by atoms with E-state index in [1.165, 1.54) is 6.07 Å². The molecule has 3 atom stereocenters. The fraction of sp³-hybridized carbons (Fsp3) is 0.433. The number of nitrogens with one attached hydrogen (secondary N) is 1. The lowest BCUT2D eigenvalue weighted by Gasteiger charge is -2.31. The molecular weight excluding hydrogens is 604 g/mol. The number of aromatic nitrogens is 2. The molecule has 2 aliphatic heterocycles. The van der Waals surface area contributed by atoms with Gasteiger partial charge in [-0.1, -0.05) is 13.8 Å². The lowest BCUT2D eigenvalue weighted by atomic mass is 9.81. The van der Waals surface area contributed by atoms with Crippen molar-refractivity contribution in [3.05, 3.63) is 61.7 Å². The maximum atomic E-state index is 15.0. The summed E-state index contributed by atoms with van der Waals surface area (Å²) in [5, 5.41) is 22.2. The van der Waals surface area contributed by atoms with Crippen molar-refractivity contribution >= 4 is 28.7 Å². The van der Waals surface area contributed by atoms with Crippen LogP contribution < -0.4 is 16.6 Å². The summed E-state index contributed by atoms with van der Waals surface area (Å²) in [6.45, 7) is 5.33. The highest BCUT2D eigenvalue weighted by Gasteiger charge is 2.46. The van der Waals surface area contributed by atoms with E-state index in [1.807, 2.05) is 0 Å². The third-order valence-electron chi connectivity index (χ3n) is 8.74. The van der Waals surface area contributed by atoms with Gasteiger partial charge in [-0.05, 0) is 48.9 Å². The maximum absolute atomic E-state index is 15.0. The molecular formula is C30H30F4N4O7. The van der Waals surface area contributed by atoms with Gasteiger partial charge in [0.25, 0.3) is 5.56 Å². The topological polar surface area (TPSA) is 174 Å². The SMILES string of the molecule is CC[C@@]1(O)C(=O)OCc2c1cc1n(c2=O)Cc2c-1nc1cc(F)c(C)c3c1c2[C@@H](NC(=O)[C@@H](C)CN)CC3.O=C(O)C(F)(F)F. The number of aliphatic hydroxyl groups is 1. The highest BCUT2D eigenvalue weighted by Crippen LogP contribution is 2.46. The number of benzene rings is 1. The number of amides is 1. The van der Waals surface area contributed by atoms with Gasteiger partial charge >= 0.3 is 18.1 Å². The van der Waals surface area contributed by atoms with Gasteiger partial charge < -0.3 is 30.6 Å². The molecule has 5 N–H and O–H groups in total. The van der Waals surface area contributed by atoms with E-state index in [2.05, 4.69) is 5.32 Å². The van der Waals surface area contributed by atoms with Crippen molar-refractivity contribution in [1.82, 2.24) is 14.9 Å². The molecule has 6 rings (SSSR count). The number of halogens is 4. The van der Waals surface area contributed by atoms with E-state index in [0.717, 1.165) is 22.1 Å². The number of carboxylic acid groups (broad SMARTS) is 1. The monoisotopic (exact) mass is 634 g/mol. The Kier molecular flexibility index (Phi) is 7.98. The molecule has 1 aromatic carbocycles. The summed E-state index contributed by atoms with van der Waals surface area (Å²) in [4.78, 5) is 52.7. The molecule has 1 aliphatic carbocycles. The average molecular weight is 635 g/mol. The number of carbonyl (C=O) groups excluding carboxylic acids is 2. The Morgan fingerprint density at radius 1 is 1.24 bits per heavy atom. The normalized spacial score (nSPS) is 20.3. The zero-order valence-corrected chi connectivity index (χ0v) is 24.5. The minimum atomic E-state index is -5.08. The molecule has 4 heterocycles. The molecule has 0 fully saturated rings. The molecule has 3 aliphatic rings. The molecule has 0 radical (unpaired) electrons. The van der Waals surface area contributed by atoms with Gasteiger partial charge in [-0.15, -0.1) is 0 Å². The quantitative estimate of drug-likeness (QED) is 0.194. The van der Waals surface area contributed by atoms with Crippen LogP contribution in [0.4, 0.5) is 17.6 Å². The van der Waals surface area contributed by atoms with E-state index in [4.69, 9.17) is 25.4 Å². The predicted molar refractivity (Wildman–Crippen MR) is 150 cm³/mol. The number of fused-ring (bicyclic) bond motifs is 5. The zero-order chi connectivity index (χ0) is 33.2. The second-order valence-electron chi connectivity index (χ2n) is 11.4. The number of nitrogens with two attached hydrogens (primary N) is 1. The Bertz CT molecular complexity index is 1840. The summed E-state index contributed by atoms with van der Waals surface area (Å²) >= 11 is 0. The summed E-state index contributed by atoms with van der Waals surface area (Å²) < 4.78 is 53.4. The minimum absolute atomic E-state index is 0.0340. The summed E-state index contributed by atoms with van der Waals surface area (Å²) in [5.41, 5.74) is 8.21. The van der Waals surface area contributed by atoms with E-state index >= 15 is 0 Å². The van der Waals surface area contributed by atoms with Gasteiger partial charge in [-0.2, -0.15) is 13.2 Å². The van der Waals surface area contributed by atoms with Crippen LogP contribution in [0.2, 0.25) is 0 Å². The van der Waals surface area contributed by atoms with Crippen LogP contribution in [-0.2, 0) is 44.3 Å². The largest absolute Gasteiger partial charge is 0.490 e. The fourth-order valence-electron chi connectivity index (χ4n) is 6.12. The number of nitrogens with zero attached hydrogens (tertiary/aromatic N) is 2. The number of ether oxygens (including phenoxy) is 1. The van der Waals surface area contributed by atoms with Crippen LogP contribution in [0, 0.1) is 18.7 Å². The Morgan fingerprint density at radius 2 is 1.91 bits per heavy atom. The first-order valence-corrected chi connectivity index (χ1v) is 14.2. The van der Waals surface area contributed by atoms with Crippen molar-refractivity contribution in [2.45, 2.75) is 71.0 Å². The first-order valence-electron chi connectivity index (χ1n) is 14.2. The van der Waals surface area contributed by atoms with E-state index in [9.17, 15) is 37.1 Å². The average Bonchev–Trinajstić information content (AvgIpc) is 3.36. The fourth-order valence-corrected chi connectivity index (χ4v) is 6.12. The molecule has 15 heteroatoms. The number of cyclic esters (lactones) is 1. The van der Waals surface area contributed by atoms with E-state index in [1.54, 1.807) is 31.4 Å². The lowest BCUT2D eigenvalue weighted by Crippen LogP contribution is -2.44. The highest BCUT2D eigenvalue weighted by molar-refractivity contribution is 5.94. The molecule has 0 saturated carbocycles. The van der Waals surface area contributed by atoms with Crippen LogP contribution in [0.25, 0.3) is 22.3 Å². The van der Waals surface area contributed by atoms with Crippen LogP contribution >= 0.6 is 0 Å². The molecule has 1 amide bonds. The standard InChI is InChI=1S/C28H29FN4O5.C2HF3O2/c1-4-28(37)17-7-21-24-15(10-33(21)26(35)16(17)11-38-27(28)36)23-19(32-25(34)12(2)9-30)6-5-14-13(3)18(29)8-20(31-24)22(14)23;3-2(4,5)1(6)7/h7-8,12,19,37H,4-6,9-11,30H2,1-3H3,(H,32,34);(H,6,7)/t12-,19-,28-;/m0./s1. The second-order valence-corrected chi connectivity index (χ2v) is 11.4. The molecule has 11 nitrogen and oxygen atoms in total. The van der Waals surface area contributed by atoms with Crippen LogP contribution in [0.5, 0.6) is 0 Å². The van der Waals surface area contributed by atoms with E-state index < -0.39 is 23.7 Å². The first kappa shape index (κ1) is 32.0. The van der Waals surface area contributed by atoms with Gasteiger partial charge in [-0.25, -0.2) is 19.0 Å². The molecule has 0 spiro atoms. The van der Waals surface area contributed by atoms with Gasteiger partial charge in [0.2, 0.25) is 5.91 Å². The smallest absolute Gasteiger partial charge is 0.475 e. The number of carbonyl (C=O) groups is 3. The van der Waals surface area contributed by atoms with Crippen molar-refractivity contribution in [2.24, 2.45) is 11.7 Å². The van der Waals surface area contributed by atoms with Gasteiger partial charge in [0.15, 0.2) is 5.60 Å². The number of esters is 1. The van der Waals surface area contributed by atoms with Crippen LogP contribution in [0.3, 0.4) is 0 Å². The first-order chi connectivity index (χ1) is 21.0. The molecule has 2 aromatic heterocycles. The zero-order valence-electron chi connectivity index (χ0n) is 24.5. The lowest BCUT2D eigenvalue weighted by molar-refractivity contribution is -0.192. The van der Waals surface area contributed by atoms with Crippen molar-refractivity contribution in [1.29, 1.82) is 0 Å². The molecule has 3 aromatic rings. The van der Waals surface area contributed by atoms with Gasteiger partial charge in [0.1, 0.15) is 12.4 Å². The summed E-state index contributed by atoms with van der Waals surface area (Å²) in [6.07, 6.45) is -3.92. The van der Waals surface area contributed by atoms with Gasteiger partial charge in [0, 0.05) is 35.0 Å². The number of alkyl halides is 3. The highest BCUT2D eigenvalue weighted by atomic mass is 19.4. The molecule has 0 unspecified atom stereocenters. The summed E-state index contributed by atoms with van der Waals surface area (Å²) in [7, 11) is 0. The Labute approximate surface area is 253 Å². The minimum Gasteiger partial charge on any atom is -0.475 e. The van der Waals surface area contributed by atoms with Crippen molar-refractivity contribution in [3.8, 4) is 11.4 Å². The number of rotatable bonds is 4. The van der Waals surface area contributed by atoms with Crippen LogP contribution in [0.1, 0.15) is 66.1 Å². The number of carboxylic acids is 1. The Balaban J connectivity index is 0.000000515. The number of aliphatic carboxylic acids is 1. The number of aryl methyl sites for hydroxylation is 1. The Hall–Kier alpha value is -4.37. The molecule has 0 saturated heterocycles. The van der Waals surface area contributed by atoms with Crippen molar-refractivity contribution in [2.75, 3.05) is 6.54 Å². The number of hydrogen-bond acceptors (Lipinski definition) is 8. The van der Waals surface area contributed by atoms with Gasteiger partial charge in [-0.3, -0.25) is 9.59 Å².